The number of benzene rings is 1. The van der Waals surface area contributed by atoms with E-state index in [1.165, 1.54) is 4.31 Å². The molecule has 2 aromatic heterocycles. The first-order valence-electron chi connectivity index (χ1n) is 8.95. The van der Waals surface area contributed by atoms with E-state index < -0.39 is 10.0 Å². The molecule has 0 spiro atoms. The third-order valence-corrected chi connectivity index (χ3v) is 6.63. The zero-order chi connectivity index (χ0) is 18.9. The Hall–Kier alpha value is -2.42. The van der Waals surface area contributed by atoms with Crippen molar-refractivity contribution in [3.63, 3.8) is 0 Å². The Morgan fingerprint density at radius 2 is 1.93 bits per heavy atom. The van der Waals surface area contributed by atoms with E-state index in [0.29, 0.717) is 18.0 Å². The summed E-state index contributed by atoms with van der Waals surface area (Å²) < 4.78 is 37.2. The smallest absolute Gasteiger partial charge is 0.243 e. The maximum atomic E-state index is 13.1. The number of sulfonamides is 1. The number of hydrogen-bond donors (Lipinski definition) is 0. The van der Waals surface area contributed by atoms with Gasteiger partial charge >= 0.3 is 0 Å². The van der Waals surface area contributed by atoms with Gasteiger partial charge in [0.15, 0.2) is 0 Å². The molecule has 1 aromatic carbocycles. The number of aryl methyl sites for hydroxylation is 1. The Balaban J connectivity index is 1.54. The van der Waals surface area contributed by atoms with Crippen molar-refractivity contribution in [1.29, 1.82) is 0 Å². The van der Waals surface area contributed by atoms with E-state index in [1.54, 1.807) is 18.3 Å². The molecule has 0 aliphatic carbocycles. The fourth-order valence-corrected chi connectivity index (χ4v) is 4.64. The van der Waals surface area contributed by atoms with Crippen molar-refractivity contribution in [3.05, 3.63) is 66.7 Å². The highest BCUT2D eigenvalue weighted by atomic mass is 32.2. The van der Waals surface area contributed by atoms with E-state index in [2.05, 4.69) is 5.10 Å². The Labute approximate surface area is 158 Å². The molecule has 3 aromatic rings. The first kappa shape index (κ1) is 18.0. The Kier molecular flexibility index (Phi) is 4.86. The monoisotopic (exact) mass is 386 g/mol. The maximum Gasteiger partial charge on any atom is 0.243 e. The van der Waals surface area contributed by atoms with Crippen LogP contribution in [0.25, 0.3) is 5.69 Å². The highest BCUT2D eigenvalue weighted by Crippen LogP contribution is 2.26. The fourth-order valence-electron chi connectivity index (χ4n) is 3.21. The largest absolute Gasteiger partial charge is 0.371 e. The topological polar surface area (TPSA) is 69.4 Å². The summed E-state index contributed by atoms with van der Waals surface area (Å²) >= 11 is 0. The van der Waals surface area contributed by atoms with Gasteiger partial charge in [0.2, 0.25) is 10.0 Å². The van der Waals surface area contributed by atoms with Crippen LogP contribution in [0.4, 0.5) is 0 Å². The lowest BCUT2D eigenvalue weighted by molar-refractivity contribution is -0.00260. The molecule has 3 heterocycles. The van der Waals surface area contributed by atoms with Gasteiger partial charge in [-0.15, -0.1) is 0 Å². The second kappa shape index (κ2) is 7.30. The van der Waals surface area contributed by atoms with Crippen LogP contribution >= 0.6 is 0 Å². The summed E-state index contributed by atoms with van der Waals surface area (Å²) in [5, 5.41) is 4.26. The highest BCUT2D eigenvalue weighted by molar-refractivity contribution is 7.89. The number of aromatic nitrogens is 3. The van der Waals surface area contributed by atoms with E-state index in [4.69, 9.17) is 4.74 Å². The van der Waals surface area contributed by atoms with E-state index in [-0.39, 0.29) is 12.6 Å². The quantitative estimate of drug-likeness (QED) is 0.675. The summed E-state index contributed by atoms with van der Waals surface area (Å²) in [5.74, 6) is 0. The third kappa shape index (κ3) is 3.55. The second-order valence-corrected chi connectivity index (χ2v) is 8.37. The van der Waals surface area contributed by atoms with Crippen LogP contribution in [0.3, 0.4) is 0 Å². The minimum Gasteiger partial charge on any atom is -0.371 e. The van der Waals surface area contributed by atoms with Gasteiger partial charge in [0, 0.05) is 49.5 Å². The van der Waals surface area contributed by atoms with Gasteiger partial charge in [-0.25, -0.2) is 8.42 Å². The number of rotatable bonds is 5. The molecule has 0 saturated carbocycles. The second-order valence-electron chi connectivity index (χ2n) is 6.44. The van der Waals surface area contributed by atoms with E-state index in [1.807, 2.05) is 59.0 Å². The standard InChI is InChI=1S/C19H22N4O3S/c1-2-22-14-16(13-20-22)19-15-23(11-12-26-19)27(24,25)18-7-5-17(6-8-18)21-9-3-4-10-21/h3-10,13-14,19H,2,11-12,15H2,1H3. The van der Waals surface area contributed by atoms with Crippen LogP contribution < -0.4 is 0 Å². The highest BCUT2D eigenvalue weighted by Gasteiger charge is 2.32. The van der Waals surface area contributed by atoms with Crippen molar-refractivity contribution < 1.29 is 13.2 Å². The van der Waals surface area contributed by atoms with Crippen LogP contribution in [0, 0.1) is 0 Å². The summed E-state index contributed by atoms with van der Waals surface area (Å²) in [6.07, 6.45) is 7.20. The molecule has 0 N–H and O–H groups in total. The predicted octanol–water partition coefficient (Wildman–Crippen LogP) is 2.46. The molecule has 8 heteroatoms. The molecule has 1 aliphatic heterocycles. The molecule has 1 fully saturated rings. The summed E-state index contributed by atoms with van der Waals surface area (Å²) in [7, 11) is -3.57. The Bertz CT molecular complexity index is 994. The van der Waals surface area contributed by atoms with Crippen molar-refractivity contribution in [2.24, 2.45) is 0 Å². The first-order chi connectivity index (χ1) is 13.1. The molecule has 1 aliphatic rings. The van der Waals surface area contributed by atoms with Gasteiger partial charge in [-0.05, 0) is 43.3 Å². The molecule has 7 nitrogen and oxygen atoms in total. The predicted molar refractivity (Wildman–Crippen MR) is 101 cm³/mol. The average Bonchev–Trinajstić information content (AvgIpc) is 3.40. The summed E-state index contributed by atoms with van der Waals surface area (Å²) in [6, 6.07) is 10.8. The molecule has 1 unspecified atom stereocenters. The molecular weight excluding hydrogens is 364 g/mol. The van der Waals surface area contributed by atoms with Crippen molar-refractivity contribution >= 4 is 10.0 Å². The van der Waals surface area contributed by atoms with E-state index in [0.717, 1.165) is 17.8 Å². The summed E-state index contributed by atoms with van der Waals surface area (Å²) in [6.45, 7) is 3.77. The van der Waals surface area contributed by atoms with Gasteiger partial charge < -0.3 is 9.30 Å². The molecular formula is C19H22N4O3S. The van der Waals surface area contributed by atoms with Crippen molar-refractivity contribution in [2.45, 2.75) is 24.5 Å². The first-order valence-corrected chi connectivity index (χ1v) is 10.4. The molecule has 142 valence electrons. The zero-order valence-electron chi connectivity index (χ0n) is 15.1. The van der Waals surface area contributed by atoms with E-state index >= 15 is 0 Å². The van der Waals surface area contributed by atoms with E-state index in [9.17, 15) is 8.42 Å². The Morgan fingerprint density at radius 1 is 1.19 bits per heavy atom. The van der Waals surface area contributed by atoms with Crippen LogP contribution in [0.5, 0.6) is 0 Å². The van der Waals surface area contributed by atoms with Crippen molar-refractivity contribution in [2.75, 3.05) is 19.7 Å². The van der Waals surface area contributed by atoms with Gasteiger partial charge in [-0.2, -0.15) is 9.40 Å². The minimum atomic E-state index is -3.57. The van der Waals surface area contributed by atoms with Gasteiger partial charge in [0.25, 0.3) is 0 Å². The summed E-state index contributed by atoms with van der Waals surface area (Å²) in [5.41, 5.74) is 1.82. The number of ether oxygens (including phenoxy) is 1. The molecule has 27 heavy (non-hydrogen) atoms. The van der Waals surface area contributed by atoms with Crippen LogP contribution in [-0.2, 0) is 21.3 Å². The van der Waals surface area contributed by atoms with Crippen LogP contribution in [0.15, 0.2) is 66.1 Å². The summed E-state index contributed by atoms with van der Waals surface area (Å²) in [4.78, 5) is 0.295. The average molecular weight is 386 g/mol. The van der Waals surface area contributed by atoms with Gasteiger partial charge in [0.1, 0.15) is 0 Å². The number of hydrogen-bond acceptors (Lipinski definition) is 4. The maximum absolute atomic E-state index is 13.1. The molecule has 0 radical (unpaired) electrons. The third-order valence-electron chi connectivity index (χ3n) is 4.76. The molecule has 0 bridgehead atoms. The van der Waals surface area contributed by atoms with Crippen LogP contribution in [0.2, 0.25) is 0 Å². The lowest BCUT2D eigenvalue weighted by Gasteiger charge is -2.31. The molecule has 4 rings (SSSR count). The van der Waals surface area contributed by atoms with Gasteiger partial charge in [0.05, 0.1) is 23.8 Å². The fraction of sp³-hybridized carbons (Fsp3) is 0.316. The molecule has 0 amide bonds. The zero-order valence-corrected chi connectivity index (χ0v) is 15.9. The van der Waals surface area contributed by atoms with Gasteiger partial charge in [-0.3, -0.25) is 4.68 Å². The van der Waals surface area contributed by atoms with Crippen LogP contribution in [0.1, 0.15) is 18.6 Å². The normalized spacial score (nSPS) is 18.6. The lowest BCUT2D eigenvalue weighted by atomic mass is 10.2. The number of nitrogens with zero attached hydrogens (tertiary/aromatic N) is 4. The molecule has 1 atom stereocenters. The lowest BCUT2D eigenvalue weighted by Crippen LogP contribution is -2.42. The number of morpholine rings is 1. The van der Waals surface area contributed by atoms with Crippen molar-refractivity contribution in [3.8, 4) is 5.69 Å². The SMILES string of the molecule is CCn1cc(C2CN(S(=O)(=O)c3ccc(-n4cccc4)cc3)CCO2)cn1. The van der Waals surface area contributed by atoms with Crippen LogP contribution in [-0.4, -0.2) is 46.8 Å². The van der Waals surface area contributed by atoms with Crippen molar-refractivity contribution in [1.82, 2.24) is 18.7 Å². The Morgan fingerprint density at radius 3 is 2.59 bits per heavy atom. The van der Waals surface area contributed by atoms with Gasteiger partial charge in [-0.1, -0.05) is 0 Å². The minimum absolute atomic E-state index is 0.289. The molecule has 1 saturated heterocycles.